The maximum atomic E-state index is 11.5. The van der Waals surface area contributed by atoms with E-state index in [9.17, 15) is 9.90 Å². The van der Waals surface area contributed by atoms with E-state index in [1.165, 1.54) is 0 Å². The number of nitrogens with zero attached hydrogens (tertiary/aromatic N) is 1. The van der Waals surface area contributed by atoms with Crippen molar-refractivity contribution < 1.29 is 14.3 Å². The lowest BCUT2D eigenvalue weighted by atomic mass is 10.1. The average Bonchev–Trinajstić information content (AvgIpc) is 2.97. The largest absolute Gasteiger partial charge is 0.478 e. The lowest BCUT2D eigenvalue weighted by molar-refractivity contribution is 0.0699. The Morgan fingerprint density at radius 2 is 1.77 bits per heavy atom. The summed E-state index contributed by atoms with van der Waals surface area (Å²) in [5.41, 5.74) is 2.13. The SMILES string of the molecule is O=C(O)c1cc(-c2cc3ccccc3o2)nc2ccccc12. The van der Waals surface area contributed by atoms with Gasteiger partial charge in [-0.2, -0.15) is 0 Å². The highest BCUT2D eigenvalue weighted by Crippen LogP contribution is 2.29. The number of fused-ring (bicyclic) bond motifs is 2. The van der Waals surface area contributed by atoms with Crippen molar-refractivity contribution in [2.75, 3.05) is 0 Å². The molecule has 2 aromatic carbocycles. The number of carboxylic acids is 1. The summed E-state index contributed by atoms with van der Waals surface area (Å²) in [6.07, 6.45) is 0. The van der Waals surface area contributed by atoms with Gasteiger partial charge in [-0.1, -0.05) is 36.4 Å². The maximum Gasteiger partial charge on any atom is 0.336 e. The Morgan fingerprint density at radius 3 is 2.59 bits per heavy atom. The van der Waals surface area contributed by atoms with Gasteiger partial charge in [-0.15, -0.1) is 0 Å². The highest BCUT2D eigenvalue weighted by Gasteiger charge is 2.14. The number of benzene rings is 2. The molecule has 4 heteroatoms. The number of furan rings is 1. The number of aromatic carboxylic acids is 1. The van der Waals surface area contributed by atoms with Crippen LogP contribution in [0.3, 0.4) is 0 Å². The van der Waals surface area contributed by atoms with E-state index in [2.05, 4.69) is 4.98 Å². The van der Waals surface area contributed by atoms with Crippen molar-refractivity contribution in [3.8, 4) is 11.5 Å². The fourth-order valence-corrected chi connectivity index (χ4v) is 2.59. The molecule has 0 aliphatic carbocycles. The van der Waals surface area contributed by atoms with Gasteiger partial charge in [-0.3, -0.25) is 0 Å². The Labute approximate surface area is 125 Å². The van der Waals surface area contributed by atoms with Gasteiger partial charge in [0, 0.05) is 10.8 Å². The van der Waals surface area contributed by atoms with Gasteiger partial charge in [0.25, 0.3) is 0 Å². The lowest BCUT2D eigenvalue weighted by Crippen LogP contribution is -1.99. The Morgan fingerprint density at radius 1 is 1.00 bits per heavy atom. The average molecular weight is 289 g/mol. The number of hydrogen-bond donors (Lipinski definition) is 1. The molecular formula is C18H11NO3. The molecule has 4 aromatic rings. The van der Waals surface area contributed by atoms with E-state index >= 15 is 0 Å². The first kappa shape index (κ1) is 12.6. The molecular weight excluding hydrogens is 278 g/mol. The number of carboxylic acid groups (broad SMARTS) is 1. The molecule has 0 amide bonds. The number of aromatic nitrogens is 1. The minimum atomic E-state index is -0.976. The van der Waals surface area contributed by atoms with Crippen molar-refractivity contribution in [1.82, 2.24) is 4.98 Å². The van der Waals surface area contributed by atoms with E-state index in [0.29, 0.717) is 22.4 Å². The third-order valence-corrected chi connectivity index (χ3v) is 3.62. The standard InChI is InChI=1S/C18H11NO3/c20-18(21)13-10-15(19-14-7-3-2-6-12(13)14)17-9-11-5-1-4-8-16(11)22-17/h1-10H,(H,20,21). The van der Waals surface area contributed by atoms with Gasteiger partial charge >= 0.3 is 5.97 Å². The molecule has 0 unspecified atom stereocenters. The third-order valence-electron chi connectivity index (χ3n) is 3.62. The lowest BCUT2D eigenvalue weighted by Gasteiger charge is -2.04. The molecule has 0 aliphatic heterocycles. The minimum Gasteiger partial charge on any atom is -0.478 e. The van der Waals surface area contributed by atoms with Gasteiger partial charge < -0.3 is 9.52 Å². The zero-order valence-electron chi connectivity index (χ0n) is 11.5. The molecule has 0 aliphatic rings. The summed E-state index contributed by atoms with van der Waals surface area (Å²) in [6, 6.07) is 18.3. The van der Waals surface area contributed by atoms with Crippen molar-refractivity contribution in [1.29, 1.82) is 0 Å². The Balaban J connectivity index is 2.00. The van der Waals surface area contributed by atoms with E-state index in [-0.39, 0.29) is 5.56 Å². The predicted octanol–water partition coefficient (Wildman–Crippen LogP) is 4.35. The molecule has 106 valence electrons. The number of pyridine rings is 1. The fraction of sp³-hybridized carbons (Fsp3) is 0. The van der Waals surface area contributed by atoms with Crippen molar-refractivity contribution in [3.05, 3.63) is 66.2 Å². The number of rotatable bonds is 2. The third kappa shape index (κ3) is 1.93. The van der Waals surface area contributed by atoms with Crippen LogP contribution < -0.4 is 0 Å². The monoisotopic (exact) mass is 289 g/mol. The van der Waals surface area contributed by atoms with Gasteiger partial charge in [-0.25, -0.2) is 9.78 Å². The van der Waals surface area contributed by atoms with Crippen molar-refractivity contribution >= 4 is 27.8 Å². The Hall–Kier alpha value is -3.14. The van der Waals surface area contributed by atoms with Gasteiger partial charge in [0.1, 0.15) is 11.3 Å². The molecule has 2 heterocycles. The van der Waals surface area contributed by atoms with Gasteiger partial charge in [0.05, 0.1) is 11.1 Å². The van der Waals surface area contributed by atoms with Gasteiger partial charge in [-0.05, 0) is 24.3 Å². The Kier molecular flexibility index (Phi) is 2.69. The van der Waals surface area contributed by atoms with Crippen LogP contribution in [0.1, 0.15) is 10.4 Å². The van der Waals surface area contributed by atoms with Crippen LogP contribution in [-0.4, -0.2) is 16.1 Å². The van der Waals surface area contributed by atoms with E-state index in [1.54, 1.807) is 24.3 Å². The fourth-order valence-electron chi connectivity index (χ4n) is 2.59. The molecule has 4 nitrogen and oxygen atoms in total. The molecule has 4 rings (SSSR count). The molecule has 0 atom stereocenters. The summed E-state index contributed by atoms with van der Waals surface area (Å²) in [4.78, 5) is 16.0. The summed E-state index contributed by atoms with van der Waals surface area (Å²) in [5, 5.41) is 11.0. The first-order valence-corrected chi connectivity index (χ1v) is 6.84. The van der Waals surface area contributed by atoms with E-state index in [4.69, 9.17) is 4.42 Å². The minimum absolute atomic E-state index is 0.223. The molecule has 0 spiro atoms. The maximum absolute atomic E-state index is 11.5. The van der Waals surface area contributed by atoms with E-state index in [0.717, 1.165) is 11.0 Å². The topological polar surface area (TPSA) is 63.3 Å². The normalized spacial score (nSPS) is 11.1. The van der Waals surface area contributed by atoms with Crippen LogP contribution in [-0.2, 0) is 0 Å². The molecule has 0 radical (unpaired) electrons. The summed E-state index contributed by atoms with van der Waals surface area (Å²) < 4.78 is 5.78. The number of para-hydroxylation sites is 2. The highest BCUT2D eigenvalue weighted by molar-refractivity contribution is 6.03. The van der Waals surface area contributed by atoms with Crippen LogP contribution in [0.5, 0.6) is 0 Å². The molecule has 0 saturated heterocycles. The van der Waals surface area contributed by atoms with Crippen molar-refractivity contribution in [2.45, 2.75) is 0 Å². The van der Waals surface area contributed by atoms with Crippen LogP contribution >= 0.6 is 0 Å². The summed E-state index contributed by atoms with van der Waals surface area (Å²) in [7, 11) is 0. The Bertz CT molecular complexity index is 984. The van der Waals surface area contributed by atoms with Crippen molar-refractivity contribution in [3.63, 3.8) is 0 Å². The predicted molar refractivity (Wildman–Crippen MR) is 83.9 cm³/mol. The summed E-state index contributed by atoms with van der Waals surface area (Å²) in [6.45, 7) is 0. The molecule has 0 fully saturated rings. The van der Waals surface area contributed by atoms with E-state index < -0.39 is 5.97 Å². The molecule has 1 N–H and O–H groups in total. The van der Waals surface area contributed by atoms with E-state index in [1.807, 2.05) is 36.4 Å². The zero-order chi connectivity index (χ0) is 15.1. The van der Waals surface area contributed by atoms with Crippen LogP contribution in [0.2, 0.25) is 0 Å². The van der Waals surface area contributed by atoms with Crippen LogP contribution in [0.25, 0.3) is 33.3 Å². The molecule has 2 aromatic heterocycles. The molecule has 0 saturated carbocycles. The van der Waals surface area contributed by atoms with Crippen molar-refractivity contribution in [2.24, 2.45) is 0 Å². The van der Waals surface area contributed by atoms with Crippen LogP contribution in [0.4, 0.5) is 0 Å². The molecule has 0 bridgehead atoms. The van der Waals surface area contributed by atoms with Crippen LogP contribution in [0.15, 0.2) is 65.1 Å². The van der Waals surface area contributed by atoms with Gasteiger partial charge in [0.2, 0.25) is 0 Å². The zero-order valence-corrected chi connectivity index (χ0v) is 11.5. The first-order chi connectivity index (χ1) is 10.7. The smallest absolute Gasteiger partial charge is 0.336 e. The number of hydrogen-bond acceptors (Lipinski definition) is 3. The summed E-state index contributed by atoms with van der Waals surface area (Å²) in [5.74, 6) is -0.412. The summed E-state index contributed by atoms with van der Waals surface area (Å²) >= 11 is 0. The first-order valence-electron chi connectivity index (χ1n) is 6.84. The highest BCUT2D eigenvalue weighted by atomic mass is 16.4. The molecule has 22 heavy (non-hydrogen) atoms. The second-order valence-electron chi connectivity index (χ2n) is 5.03. The second-order valence-corrected chi connectivity index (χ2v) is 5.03. The second kappa shape index (κ2) is 4.70. The van der Waals surface area contributed by atoms with Gasteiger partial charge in [0.15, 0.2) is 5.76 Å². The number of carbonyl (C=O) groups is 1. The quantitative estimate of drug-likeness (QED) is 0.596. The van der Waals surface area contributed by atoms with Crippen LogP contribution in [0, 0.1) is 0 Å².